The predicted octanol–water partition coefficient (Wildman–Crippen LogP) is 3.29. The number of rotatable bonds is 7. The van der Waals surface area contributed by atoms with Gasteiger partial charge in [0.25, 0.3) is 11.8 Å². The predicted molar refractivity (Wildman–Crippen MR) is 132 cm³/mol. The molecule has 8 nitrogen and oxygen atoms in total. The molecule has 35 heavy (non-hydrogen) atoms. The van der Waals surface area contributed by atoms with Gasteiger partial charge >= 0.3 is 0 Å². The quantitative estimate of drug-likeness (QED) is 0.635. The zero-order valence-electron chi connectivity index (χ0n) is 20.5. The maximum absolute atomic E-state index is 13.2. The van der Waals surface area contributed by atoms with E-state index in [1.807, 2.05) is 49.9 Å². The van der Waals surface area contributed by atoms with E-state index in [1.165, 1.54) is 0 Å². The topological polar surface area (TPSA) is 97.0 Å². The van der Waals surface area contributed by atoms with Crippen LogP contribution in [-0.2, 0) is 4.79 Å². The first-order chi connectivity index (χ1) is 16.9. The summed E-state index contributed by atoms with van der Waals surface area (Å²) in [5, 5.41) is 5.97. The summed E-state index contributed by atoms with van der Waals surface area (Å²) in [5.41, 5.74) is 2.17. The number of carbonyl (C=O) groups is 3. The molecule has 2 aromatic rings. The number of hydrogen-bond donors (Lipinski definition) is 2. The molecule has 8 heteroatoms. The van der Waals surface area contributed by atoms with Gasteiger partial charge in [0.2, 0.25) is 12.7 Å². The van der Waals surface area contributed by atoms with Crippen molar-refractivity contribution in [2.75, 3.05) is 19.9 Å². The Hall–Kier alpha value is -3.55. The van der Waals surface area contributed by atoms with Crippen molar-refractivity contribution >= 4 is 17.7 Å². The van der Waals surface area contributed by atoms with Crippen LogP contribution in [0.5, 0.6) is 11.5 Å². The van der Waals surface area contributed by atoms with Crippen LogP contribution in [0.25, 0.3) is 0 Å². The number of carbonyl (C=O) groups excluding carboxylic acids is 3. The molecule has 2 aliphatic heterocycles. The van der Waals surface area contributed by atoms with Crippen molar-refractivity contribution in [3.05, 3.63) is 59.2 Å². The molecule has 2 aliphatic rings. The molecule has 0 aromatic heterocycles. The van der Waals surface area contributed by atoms with Gasteiger partial charge in [-0.3, -0.25) is 14.4 Å². The van der Waals surface area contributed by atoms with Crippen molar-refractivity contribution in [1.82, 2.24) is 15.5 Å². The van der Waals surface area contributed by atoms with Gasteiger partial charge in [0.1, 0.15) is 6.04 Å². The van der Waals surface area contributed by atoms with Gasteiger partial charge in [0.15, 0.2) is 11.5 Å². The van der Waals surface area contributed by atoms with Crippen molar-refractivity contribution < 1.29 is 23.9 Å². The molecular formula is C27H33N3O5. The standard InChI is InChI=1S/C27H33N3O5/c1-4-18(3)28-26(32)24(29-25(31)21-9-10-22-23(15-21)35-16-34-22)19-11-13-30(14-12-19)27(33)20-7-5-17(2)6-8-20/h5-10,15,18-19,24H,4,11-14,16H2,1-3H3,(H,28,32)(H,29,31)/t18-,24-/m1/s1. The first-order valence-electron chi connectivity index (χ1n) is 12.2. The van der Waals surface area contributed by atoms with E-state index in [9.17, 15) is 14.4 Å². The fraction of sp³-hybridized carbons (Fsp3) is 0.444. The molecular weight excluding hydrogens is 446 g/mol. The number of amides is 3. The maximum Gasteiger partial charge on any atom is 0.253 e. The molecule has 0 radical (unpaired) electrons. The van der Waals surface area contributed by atoms with Gasteiger partial charge in [-0.05, 0) is 69.4 Å². The van der Waals surface area contributed by atoms with Crippen molar-refractivity contribution in [3.63, 3.8) is 0 Å². The molecule has 0 bridgehead atoms. The lowest BCUT2D eigenvalue weighted by Crippen LogP contribution is -2.55. The monoisotopic (exact) mass is 479 g/mol. The molecule has 3 amide bonds. The minimum absolute atomic E-state index is 0.00403. The van der Waals surface area contributed by atoms with Gasteiger partial charge in [-0.1, -0.05) is 24.6 Å². The van der Waals surface area contributed by atoms with Gasteiger partial charge in [-0.25, -0.2) is 0 Å². The summed E-state index contributed by atoms with van der Waals surface area (Å²) in [7, 11) is 0. The van der Waals surface area contributed by atoms with Crippen LogP contribution in [0, 0.1) is 12.8 Å². The van der Waals surface area contributed by atoms with Crippen molar-refractivity contribution in [2.24, 2.45) is 5.92 Å². The smallest absolute Gasteiger partial charge is 0.253 e. The molecule has 0 aliphatic carbocycles. The van der Waals surface area contributed by atoms with Gasteiger partial charge in [0.05, 0.1) is 0 Å². The molecule has 0 saturated carbocycles. The third-order valence-electron chi connectivity index (χ3n) is 6.80. The number of hydrogen-bond acceptors (Lipinski definition) is 5. The van der Waals surface area contributed by atoms with Crippen LogP contribution in [0.1, 0.15) is 59.4 Å². The van der Waals surface area contributed by atoms with Crippen LogP contribution < -0.4 is 20.1 Å². The number of ether oxygens (including phenoxy) is 2. The van der Waals surface area contributed by atoms with Gasteiger partial charge in [0, 0.05) is 30.3 Å². The highest BCUT2D eigenvalue weighted by Gasteiger charge is 2.34. The summed E-state index contributed by atoms with van der Waals surface area (Å²) < 4.78 is 10.7. The summed E-state index contributed by atoms with van der Waals surface area (Å²) in [6, 6.07) is 11.8. The molecule has 1 fully saturated rings. The SMILES string of the molecule is CC[C@@H](C)NC(=O)[C@H](NC(=O)c1ccc2c(c1)OCO2)C1CCN(C(=O)c2ccc(C)cc2)CC1. The van der Waals surface area contributed by atoms with E-state index in [4.69, 9.17) is 9.47 Å². The van der Waals surface area contributed by atoms with Crippen molar-refractivity contribution in [1.29, 1.82) is 0 Å². The molecule has 2 aromatic carbocycles. The number of fused-ring (bicyclic) bond motifs is 1. The van der Waals surface area contributed by atoms with E-state index in [0.29, 0.717) is 48.6 Å². The lowest BCUT2D eigenvalue weighted by molar-refractivity contribution is -0.125. The van der Waals surface area contributed by atoms with E-state index >= 15 is 0 Å². The van der Waals surface area contributed by atoms with E-state index in [2.05, 4.69) is 10.6 Å². The second-order valence-electron chi connectivity index (χ2n) is 9.33. The average molecular weight is 480 g/mol. The fourth-order valence-electron chi connectivity index (χ4n) is 4.41. The first kappa shape index (κ1) is 24.6. The van der Waals surface area contributed by atoms with Gasteiger partial charge < -0.3 is 25.0 Å². The summed E-state index contributed by atoms with van der Waals surface area (Å²) in [4.78, 5) is 41.0. The van der Waals surface area contributed by atoms with E-state index in [0.717, 1.165) is 12.0 Å². The van der Waals surface area contributed by atoms with Crippen molar-refractivity contribution in [2.45, 2.75) is 52.1 Å². The van der Waals surface area contributed by atoms with Gasteiger partial charge in [-0.15, -0.1) is 0 Å². The number of aryl methyl sites for hydroxylation is 1. The number of nitrogens with zero attached hydrogens (tertiary/aromatic N) is 1. The van der Waals surface area contributed by atoms with Crippen LogP contribution in [0.2, 0.25) is 0 Å². The van der Waals surface area contributed by atoms with Crippen LogP contribution >= 0.6 is 0 Å². The minimum atomic E-state index is -0.696. The van der Waals surface area contributed by atoms with E-state index < -0.39 is 6.04 Å². The van der Waals surface area contributed by atoms with E-state index in [-0.39, 0.29) is 36.5 Å². The number of likely N-dealkylation sites (tertiary alicyclic amines) is 1. The highest BCUT2D eigenvalue weighted by Crippen LogP contribution is 2.32. The largest absolute Gasteiger partial charge is 0.454 e. The molecule has 2 atom stereocenters. The summed E-state index contributed by atoms with van der Waals surface area (Å²) >= 11 is 0. The zero-order chi connectivity index (χ0) is 24.9. The highest BCUT2D eigenvalue weighted by molar-refractivity contribution is 5.98. The first-order valence-corrected chi connectivity index (χ1v) is 12.2. The Labute approximate surface area is 206 Å². The van der Waals surface area contributed by atoms with Crippen LogP contribution in [-0.4, -0.2) is 54.6 Å². The number of piperidine rings is 1. The second-order valence-corrected chi connectivity index (χ2v) is 9.33. The Kier molecular flexibility index (Phi) is 7.58. The lowest BCUT2D eigenvalue weighted by atomic mass is 9.88. The third-order valence-corrected chi connectivity index (χ3v) is 6.80. The molecule has 2 N–H and O–H groups in total. The van der Waals surface area contributed by atoms with E-state index in [1.54, 1.807) is 18.2 Å². The third kappa shape index (κ3) is 5.75. The van der Waals surface area contributed by atoms with Gasteiger partial charge in [-0.2, -0.15) is 0 Å². The average Bonchev–Trinajstić information content (AvgIpc) is 3.35. The number of nitrogens with one attached hydrogen (secondary N) is 2. The molecule has 2 heterocycles. The zero-order valence-corrected chi connectivity index (χ0v) is 20.5. The Morgan fingerprint density at radius 3 is 2.31 bits per heavy atom. The fourth-order valence-corrected chi connectivity index (χ4v) is 4.41. The van der Waals surface area contributed by atoms with Crippen LogP contribution in [0.3, 0.4) is 0 Å². The lowest BCUT2D eigenvalue weighted by Gasteiger charge is -2.36. The Morgan fingerprint density at radius 2 is 1.63 bits per heavy atom. The summed E-state index contributed by atoms with van der Waals surface area (Å²) in [5.74, 6) is 0.481. The number of benzene rings is 2. The minimum Gasteiger partial charge on any atom is -0.454 e. The molecule has 0 spiro atoms. The second kappa shape index (κ2) is 10.8. The van der Waals surface area contributed by atoms with Crippen molar-refractivity contribution in [3.8, 4) is 11.5 Å². The Balaban J connectivity index is 1.44. The maximum atomic E-state index is 13.2. The normalized spacial score (nSPS) is 16.9. The summed E-state index contributed by atoms with van der Waals surface area (Å²) in [6.07, 6.45) is 2.04. The molecule has 4 rings (SSSR count). The molecule has 0 unspecified atom stereocenters. The Morgan fingerprint density at radius 1 is 0.971 bits per heavy atom. The van der Waals surface area contributed by atoms with Crippen LogP contribution in [0.15, 0.2) is 42.5 Å². The molecule has 1 saturated heterocycles. The molecule has 186 valence electrons. The Bertz CT molecular complexity index is 1080. The highest BCUT2D eigenvalue weighted by atomic mass is 16.7. The summed E-state index contributed by atoms with van der Waals surface area (Å²) in [6.45, 7) is 7.12. The van der Waals surface area contributed by atoms with Crippen LogP contribution in [0.4, 0.5) is 0 Å².